The summed E-state index contributed by atoms with van der Waals surface area (Å²) in [5, 5.41) is 0. The predicted molar refractivity (Wildman–Crippen MR) is 30.8 cm³/mol. The van der Waals surface area contributed by atoms with Gasteiger partial charge in [0.05, 0.1) is 12.7 Å². The molecule has 2 atom stereocenters. The van der Waals surface area contributed by atoms with Gasteiger partial charge in [0.25, 0.3) is 0 Å². The van der Waals surface area contributed by atoms with Crippen LogP contribution in [0.15, 0.2) is 0 Å². The first kappa shape index (κ1) is 6.05. The molecule has 0 bridgehead atoms. The van der Waals surface area contributed by atoms with Gasteiger partial charge >= 0.3 is 0 Å². The average molecular weight is 116 g/mol. The third kappa shape index (κ3) is 0.858. The van der Waals surface area contributed by atoms with E-state index in [9.17, 15) is 0 Å². The molecule has 2 heteroatoms. The van der Waals surface area contributed by atoms with Crippen molar-refractivity contribution in [3.05, 3.63) is 0 Å². The van der Waals surface area contributed by atoms with Gasteiger partial charge in [0.1, 0.15) is 6.10 Å². The van der Waals surface area contributed by atoms with Gasteiger partial charge in [-0.15, -0.1) is 0 Å². The average Bonchev–Trinajstić information content (AvgIpc) is 1.66. The van der Waals surface area contributed by atoms with Crippen LogP contribution in [-0.4, -0.2) is 25.9 Å². The van der Waals surface area contributed by atoms with Gasteiger partial charge in [-0.25, -0.2) is 0 Å². The van der Waals surface area contributed by atoms with Crippen molar-refractivity contribution in [2.45, 2.75) is 25.6 Å². The second kappa shape index (κ2) is 2.46. The Morgan fingerprint density at radius 3 is 2.62 bits per heavy atom. The molecule has 0 aliphatic carbocycles. The van der Waals surface area contributed by atoms with E-state index in [1.54, 1.807) is 7.11 Å². The fourth-order valence-corrected chi connectivity index (χ4v) is 0.911. The van der Waals surface area contributed by atoms with Gasteiger partial charge < -0.3 is 9.47 Å². The Hall–Kier alpha value is -0.0800. The van der Waals surface area contributed by atoms with Crippen LogP contribution in [0.25, 0.3) is 0 Å². The Balaban J connectivity index is 2.16. The molecule has 0 N–H and O–H groups in total. The van der Waals surface area contributed by atoms with E-state index in [2.05, 4.69) is 6.92 Å². The molecule has 8 heavy (non-hydrogen) atoms. The van der Waals surface area contributed by atoms with Crippen molar-refractivity contribution >= 4 is 0 Å². The van der Waals surface area contributed by atoms with Crippen LogP contribution < -0.4 is 0 Å². The third-order valence-corrected chi connectivity index (χ3v) is 1.59. The predicted octanol–water partition coefficient (Wildman–Crippen LogP) is 0.810. The van der Waals surface area contributed by atoms with Crippen molar-refractivity contribution in [2.24, 2.45) is 0 Å². The molecule has 0 amide bonds. The number of hydrogen-bond acceptors (Lipinski definition) is 2. The van der Waals surface area contributed by atoms with Crippen LogP contribution in [0.3, 0.4) is 0 Å². The van der Waals surface area contributed by atoms with Gasteiger partial charge in [0.15, 0.2) is 0 Å². The van der Waals surface area contributed by atoms with E-state index in [0.29, 0.717) is 12.2 Å². The minimum atomic E-state index is 0.375. The van der Waals surface area contributed by atoms with E-state index in [0.717, 1.165) is 13.0 Å². The highest BCUT2D eigenvalue weighted by Crippen LogP contribution is 2.17. The lowest BCUT2D eigenvalue weighted by molar-refractivity contribution is -0.176. The van der Waals surface area contributed by atoms with Crippen LogP contribution in [0, 0.1) is 0 Å². The van der Waals surface area contributed by atoms with Crippen LogP contribution >= 0.6 is 0 Å². The maximum Gasteiger partial charge on any atom is 0.107 e. The summed E-state index contributed by atoms with van der Waals surface area (Å²) in [7, 11) is 1.73. The van der Waals surface area contributed by atoms with E-state index < -0.39 is 0 Å². The summed E-state index contributed by atoms with van der Waals surface area (Å²) >= 11 is 0. The summed E-state index contributed by atoms with van der Waals surface area (Å²) in [6.45, 7) is 2.89. The molecular weight excluding hydrogens is 104 g/mol. The molecule has 48 valence electrons. The van der Waals surface area contributed by atoms with Crippen molar-refractivity contribution in [3.8, 4) is 0 Å². The van der Waals surface area contributed by atoms with Crippen molar-refractivity contribution in [2.75, 3.05) is 13.7 Å². The maximum absolute atomic E-state index is 5.16. The normalized spacial score (nSPS) is 36.8. The molecule has 2 nitrogen and oxygen atoms in total. The second-order valence-electron chi connectivity index (χ2n) is 2.05. The van der Waals surface area contributed by atoms with Gasteiger partial charge in [-0.05, 0) is 6.42 Å². The molecular formula is C6H12O2. The van der Waals surface area contributed by atoms with Crippen molar-refractivity contribution in [3.63, 3.8) is 0 Å². The maximum atomic E-state index is 5.16. The topological polar surface area (TPSA) is 18.5 Å². The molecule has 0 aromatic carbocycles. The minimum absolute atomic E-state index is 0.375. The lowest BCUT2D eigenvalue weighted by Crippen LogP contribution is -2.45. The molecule has 1 saturated heterocycles. The Morgan fingerprint density at radius 2 is 2.50 bits per heavy atom. The van der Waals surface area contributed by atoms with Crippen LogP contribution in [0.1, 0.15) is 13.3 Å². The summed E-state index contributed by atoms with van der Waals surface area (Å²) in [4.78, 5) is 0. The first-order valence-corrected chi connectivity index (χ1v) is 3.03. The van der Waals surface area contributed by atoms with E-state index in [1.807, 2.05) is 0 Å². The highest BCUT2D eigenvalue weighted by molar-refractivity contribution is 4.77. The quantitative estimate of drug-likeness (QED) is 0.531. The zero-order valence-corrected chi connectivity index (χ0v) is 5.39. The largest absolute Gasteiger partial charge is 0.376 e. The van der Waals surface area contributed by atoms with Crippen LogP contribution in [0.2, 0.25) is 0 Å². The minimum Gasteiger partial charge on any atom is -0.376 e. The zero-order chi connectivity index (χ0) is 5.98. The number of ether oxygens (including phenoxy) is 2. The lowest BCUT2D eigenvalue weighted by Gasteiger charge is -2.34. The molecule has 1 heterocycles. The van der Waals surface area contributed by atoms with Gasteiger partial charge in [-0.2, -0.15) is 0 Å². The van der Waals surface area contributed by atoms with E-state index in [4.69, 9.17) is 9.47 Å². The van der Waals surface area contributed by atoms with Crippen molar-refractivity contribution in [1.82, 2.24) is 0 Å². The number of hydrogen-bond donors (Lipinski definition) is 0. The van der Waals surface area contributed by atoms with Gasteiger partial charge in [0, 0.05) is 7.11 Å². The molecule has 0 spiro atoms. The molecule has 0 radical (unpaired) electrons. The van der Waals surface area contributed by atoms with E-state index in [-0.39, 0.29) is 0 Å². The SMILES string of the molecule is CCC1OCC1OC. The molecule has 2 unspecified atom stereocenters. The first-order chi connectivity index (χ1) is 3.88. The van der Waals surface area contributed by atoms with E-state index >= 15 is 0 Å². The standard InChI is InChI=1S/C6H12O2/c1-3-5-6(7-2)4-8-5/h5-6H,3-4H2,1-2H3. The summed E-state index contributed by atoms with van der Waals surface area (Å²) in [5.41, 5.74) is 0. The van der Waals surface area contributed by atoms with Gasteiger partial charge in [-0.1, -0.05) is 6.92 Å². The molecule has 0 aromatic heterocycles. The van der Waals surface area contributed by atoms with Crippen LogP contribution in [-0.2, 0) is 9.47 Å². The number of rotatable bonds is 2. The van der Waals surface area contributed by atoms with Crippen LogP contribution in [0.4, 0.5) is 0 Å². The Labute approximate surface area is 49.8 Å². The van der Waals surface area contributed by atoms with Crippen molar-refractivity contribution in [1.29, 1.82) is 0 Å². The van der Waals surface area contributed by atoms with Crippen LogP contribution in [0.5, 0.6) is 0 Å². The molecule has 1 aliphatic rings. The fourth-order valence-electron chi connectivity index (χ4n) is 0.911. The molecule has 0 aromatic rings. The number of methoxy groups -OCH3 is 1. The second-order valence-corrected chi connectivity index (χ2v) is 2.05. The monoisotopic (exact) mass is 116 g/mol. The highest BCUT2D eigenvalue weighted by Gasteiger charge is 2.29. The zero-order valence-electron chi connectivity index (χ0n) is 5.39. The highest BCUT2D eigenvalue weighted by atomic mass is 16.6. The molecule has 1 fully saturated rings. The summed E-state index contributed by atoms with van der Waals surface area (Å²) in [5.74, 6) is 0. The Bertz CT molecular complexity index is 58.9. The third-order valence-electron chi connectivity index (χ3n) is 1.59. The smallest absolute Gasteiger partial charge is 0.107 e. The summed E-state index contributed by atoms with van der Waals surface area (Å²) in [6, 6.07) is 0. The molecule has 1 aliphatic heterocycles. The Morgan fingerprint density at radius 1 is 1.75 bits per heavy atom. The molecule has 1 rings (SSSR count). The Kier molecular flexibility index (Phi) is 1.86. The summed E-state index contributed by atoms with van der Waals surface area (Å²) in [6.07, 6.45) is 1.82. The summed E-state index contributed by atoms with van der Waals surface area (Å²) < 4.78 is 10.2. The van der Waals surface area contributed by atoms with Gasteiger partial charge in [0.2, 0.25) is 0 Å². The molecule has 0 saturated carbocycles. The fraction of sp³-hybridized carbons (Fsp3) is 1.00. The first-order valence-electron chi connectivity index (χ1n) is 3.03. The van der Waals surface area contributed by atoms with Gasteiger partial charge in [-0.3, -0.25) is 0 Å². The van der Waals surface area contributed by atoms with E-state index in [1.165, 1.54) is 0 Å². The van der Waals surface area contributed by atoms with Crippen molar-refractivity contribution < 1.29 is 9.47 Å². The lowest BCUT2D eigenvalue weighted by atomic mass is 10.1.